The average Bonchev–Trinajstić information content (AvgIpc) is 2.54. The number of fused-ring (bicyclic) bond motifs is 1. The van der Waals surface area contributed by atoms with Crippen molar-refractivity contribution in [1.29, 1.82) is 0 Å². The zero-order valence-electron chi connectivity index (χ0n) is 12.0. The average molecular weight is 274 g/mol. The van der Waals surface area contributed by atoms with Crippen LogP contribution in [0.4, 0.5) is 0 Å². The summed E-state index contributed by atoms with van der Waals surface area (Å²) in [4.78, 5) is 16.4. The van der Waals surface area contributed by atoms with E-state index in [2.05, 4.69) is 16.8 Å². The predicted molar refractivity (Wildman–Crippen MR) is 84.8 cm³/mol. The number of hydrogen-bond acceptors (Lipinski definition) is 3. The quantitative estimate of drug-likeness (QED) is 0.640. The number of nitrogens with zero attached hydrogens (tertiary/aromatic N) is 1. The van der Waals surface area contributed by atoms with E-state index in [-0.39, 0.29) is 8.74 Å². The molecule has 3 heteroatoms. The van der Waals surface area contributed by atoms with Crippen LogP contribution in [-0.4, -0.2) is 4.98 Å². The van der Waals surface area contributed by atoms with Gasteiger partial charge in [-0.25, -0.2) is 9.78 Å². The summed E-state index contributed by atoms with van der Waals surface area (Å²) in [7, 11) is 0. The summed E-state index contributed by atoms with van der Waals surface area (Å²) < 4.78 is 5.28. The fourth-order valence-electron chi connectivity index (χ4n) is 2.07. The highest BCUT2D eigenvalue weighted by Crippen LogP contribution is 2.22. The zero-order valence-corrected chi connectivity index (χ0v) is 11.0. The molecule has 3 aromatic rings. The Kier molecular flexibility index (Phi) is 3.03. The molecule has 1 radical (unpaired) electrons. The summed E-state index contributed by atoms with van der Waals surface area (Å²) in [5.74, 6) is 5.26. The molecule has 3 nitrogen and oxygen atoms in total. The maximum Gasteiger partial charge on any atom is 0.347 e. The van der Waals surface area contributed by atoms with Gasteiger partial charge in [-0.1, -0.05) is 24.0 Å². The predicted octanol–water partition coefficient (Wildman–Crippen LogP) is 3.18. The molecule has 0 bridgehead atoms. The van der Waals surface area contributed by atoms with Gasteiger partial charge in [-0.3, -0.25) is 0 Å². The van der Waals surface area contributed by atoms with Gasteiger partial charge in [0.1, 0.15) is 0 Å². The Bertz CT molecular complexity index is 994. The van der Waals surface area contributed by atoms with Crippen LogP contribution in [-0.2, 0) is 0 Å². The Morgan fingerprint density at radius 1 is 1.14 bits per heavy atom. The molecule has 1 heterocycles. The zero-order chi connectivity index (χ0) is 14.8. The van der Waals surface area contributed by atoms with Crippen LogP contribution in [0.1, 0.15) is 14.0 Å². The lowest BCUT2D eigenvalue weighted by molar-refractivity contribution is 0.518. The molecule has 0 aliphatic heterocycles. The Labute approximate surface area is 124 Å². The van der Waals surface area contributed by atoms with E-state index in [1.807, 2.05) is 6.07 Å². The van der Waals surface area contributed by atoms with Crippen molar-refractivity contribution in [3.8, 4) is 36.1 Å². The van der Waals surface area contributed by atoms with Gasteiger partial charge in [0.25, 0.3) is 0 Å². The van der Waals surface area contributed by atoms with Gasteiger partial charge in [0.15, 0.2) is 0 Å². The van der Waals surface area contributed by atoms with Crippen LogP contribution in [0.25, 0.3) is 22.4 Å². The van der Waals surface area contributed by atoms with Gasteiger partial charge in [0.2, 0.25) is 5.89 Å². The number of benzene rings is 2. The van der Waals surface area contributed by atoms with Crippen molar-refractivity contribution >= 4 is 10.9 Å². The highest BCUT2D eigenvalue weighted by molar-refractivity contribution is 5.80. The van der Waals surface area contributed by atoms with Crippen molar-refractivity contribution in [3.05, 3.63) is 64.0 Å². The molecule has 3 rings (SSSR count). The Balaban J connectivity index is 0.00000132. The number of aromatic nitrogens is 1. The number of rotatable bonds is 1. The van der Waals surface area contributed by atoms with E-state index in [9.17, 15) is 4.79 Å². The maximum absolute atomic E-state index is 12.1. The Hall–Kier alpha value is -3.30. The van der Waals surface area contributed by atoms with Crippen LogP contribution >= 0.6 is 0 Å². The van der Waals surface area contributed by atoms with E-state index in [0.717, 1.165) is 0 Å². The second-order valence-electron chi connectivity index (χ2n) is 4.37. The SMILES string of the molecule is C#Cc1ccc2c(=O)oc(-c3ccccc3C#C)nc2c1.[HH].[H]. The maximum atomic E-state index is 12.1. The molecule has 0 atom stereocenters. The minimum absolute atomic E-state index is 0. The lowest BCUT2D eigenvalue weighted by Gasteiger charge is -2.04. The van der Waals surface area contributed by atoms with Gasteiger partial charge in [0, 0.05) is 14.0 Å². The number of terminal acetylenes is 2. The first kappa shape index (κ1) is 12.7. The van der Waals surface area contributed by atoms with Crippen molar-refractivity contribution in [2.24, 2.45) is 0 Å². The molecular weight excluding hydrogens is 262 g/mol. The second-order valence-corrected chi connectivity index (χ2v) is 4.37. The first-order valence-electron chi connectivity index (χ1n) is 6.20. The molecule has 0 fully saturated rings. The van der Waals surface area contributed by atoms with Crippen molar-refractivity contribution < 1.29 is 7.27 Å². The minimum Gasteiger partial charge on any atom is -0.403 e. The van der Waals surface area contributed by atoms with E-state index >= 15 is 0 Å². The van der Waals surface area contributed by atoms with Crippen LogP contribution in [0.3, 0.4) is 0 Å². The summed E-state index contributed by atoms with van der Waals surface area (Å²) in [5, 5.41) is 0.385. The summed E-state index contributed by atoms with van der Waals surface area (Å²) in [6.45, 7) is 0. The molecule has 21 heavy (non-hydrogen) atoms. The Morgan fingerprint density at radius 3 is 2.71 bits per heavy atom. The fourth-order valence-corrected chi connectivity index (χ4v) is 2.07. The van der Waals surface area contributed by atoms with Crippen LogP contribution in [0, 0.1) is 24.7 Å². The van der Waals surface area contributed by atoms with E-state index in [1.165, 1.54) is 0 Å². The molecule has 0 aliphatic carbocycles. The van der Waals surface area contributed by atoms with Crippen LogP contribution in [0.15, 0.2) is 51.7 Å². The first-order valence-corrected chi connectivity index (χ1v) is 6.20. The fraction of sp³-hybridized carbons (Fsp3) is 0. The van der Waals surface area contributed by atoms with Crippen molar-refractivity contribution in [3.63, 3.8) is 0 Å². The van der Waals surface area contributed by atoms with Gasteiger partial charge in [0.05, 0.1) is 16.5 Å². The number of hydrogen-bond donors (Lipinski definition) is 0. The molecule has 101 valence electrons. The minimum atomic E-state index is -0.467. The Morgan fingerprint density at radius 2 is 1.95 bits per heavy atom. The van der Waals surface area contributed by atoms with Gasteiger partial charge in [-0.2, -0.15) is 0 Å². The molecule has 0 amide bonds. The molecule has 0 spiro atoms. The summed E-state index contributed by atoms with van der Waals surface area (Å²) in [6.07, 6.45) is 10.8. The van der Waals surface area contributed by atoms with Crippen LogP contribution in [0.5, 0.6) is 0 Å². The van der Waals surface area contributed by atoms with Crippen molar-refractivity contribution in [2.45, 2.75) is 0 Å². The topological polar surface area (TPSA) is 43.1 Å². The largest absolute Gasteiger partial charge is 0.403 e. The van der Waals surface area contributed by atoms with Crippen molar-refractivity contribution in [1.82, 2.24) is 4.98 Å². The summed E-state index contributed by atoms with van der Waals surface area (Å²) in [6, 6.07) is 12.1. The highest BCUT2D eigenvalue weighted by atomic mass is 16.4. The summed E-state index contributed by atoms with van der Waals surface area (Å²) >= 11 is 0. The third kappa shape index (κ3) is 2.18. The van der Waals surface area contributed by atoms with E-state index in [4.69, 9.17) is 17.3 Å². The van der Waals surface area contributed by atoms with Gasteiger partial charge >= 0.3 is 5.63 Å². The highest BCUT2D eigenvalue weighted by Gasteiger charge is 2.11. The van der Waals surface area contributed by atoms with E-state index in [0.29, 0.717) is 27.6 Å². The van der Waals surface area contributed by atoms with Crippen molar-refractivity contribution in [2.75, 3.05) is 0 Å². The molecular formula is C18H12NO2. The van der Waals surface area contributed by atoms with E-state index < -0.39 is 5.63 Å². The smallest absolute Gasteiger partial charge is 0.347 e. The lowest BCUT2D eigenvalue weighted by atomic mass is 10.1. The monoisotopic (exact) mass is 274 g/mol. The lowest BCUT2D eigenvalue weighted by Crippen LogP contribution is -2.03. The molecule has 0 aliphatic rings. The van der Waals surface area contributed by atoms with Crippen LogP contribution in [0.2, 0.25) is 0 Å². The van der Waals surface area contributed by atoms with E-state index in [1.54, 1.807) is 36.4 Å². The molecule has 0 saturated heterocycles. The third-order valence-electron chi connectivity index (χ3n) is 3.11. The van der Waals surface area contributed by atoms with Crippen LogP contribution < -0.4 is 5.63 Å². The molecule has 0 unspecified atom stereocenters. The van der Waals surface area contributed by atoms with Gasteiger partial charge in [-0.15, -0.1) is 12.8 Å². The molecule has 0 saturated carbocycles. The second kappa shape index (κ2) is 5.00. The third-order valence-corrected chi connectivity index (χ3v) is 3.11. The summed E-state index contributed by atoms with van der Waals surface area (Å²) in [5.41, 5.74) is 1.89. The first-order chi connectivity index (χ1) is 10.2. The molecule has 2 aromatic carbocycles. The molecule has 0 N–H and O–H groups in total. The van der Waals surface area contributed by atoms with Gasteiger partial charge < -0.3 is 4.42 Å². The molecule has 1 aromatic heterocycles. The normalized spacial score (nSPS) is 10.0. The van der Waals surface area contributed by atoms with Gasteiger partial charge in [-0.05, 0) is 30.3 Å². The standard InChI is InChI=1S/C18H9NO2.H2.H/c1-3-12-9-10-15-16(11-12)19-17(21-18(15)20)14-8-6-5-7-13(14)4-2;;/h1-2,5-11H;1H;.